The Morgan fingerprint density at radius 1 is 1.09 bits per heavy atom. The number of rotatable bonds is 10. The minimum Gasteiger partial charge on any atom is -0.356 e. The maximum absolute atomic E-state index is 12.4. The topological polar surface area (TPSA) is 61.8 Å². The summed E-state index contributed by atoms with van der Waals surface area (Å²) in [5.74, 6) is -0.806. The van der Waals surface area contributed by atoms with Gasteiger partial charge in [-0.3, -0.25) is 0 Å². The van der Waals surface area contributed by atoms with Gasteiger partial charge in [0.15, 0.2) is 6.29 Å². The van der Waals surface area contributed by atoms with Crippen molar-refractivity contribution in [1.29, 1.82) is 0 Å². The monoisotopic (exact) mass is 368 g/mol. The zero-order chi connectivity index (χ0) is 17.6. The van der Waals surface area contributed by atoms with Gasteiger partial charge in [0.2, 0.25) is 0 Å². The van der Waals surface area contributed by atoms with Crippen LogP contribution < -0.4 is 0 Å². The number of alkyl halides is 3. The van der Waals surface area contributed by atoms with Crippen LogP contribution in [-0.2, 0) is 23.6 Å². The third kappa shape index (κ3) is 5.60. The Morgan fingerprint density at radius 3 is 1.86 bits per heavy atom. The summed E-state index contributed by atoms with van der Waals surface area (Å²) in [5, 5.41) is 0. The van der Waals surface area contributed by atoms with Gasteiger partial charge in [-0.05, 0) is 26.2 Å². The first kappa shape index (κ1) is 22.1. The summed E-state index contributed by atoms with van der Waals surface area (Å²) in [6.07, 6.45) is 1.16. The molecule has 0 amide bonds. The van der Waals surface area contributed by atoms with Crippen molar-refractivity contribution in [3.63, 3.8) is 0 Å². The highest BCUT2D eigenvalue weighted by Gasteiger charge is 2.49. The Kier molecular flexibility index (Phi) is 8.80. The van der Waals surface area contributed by atoms with Crippen LogP contribution in [0.1, 0.15) is 47.0 Å². The van der Waals surface area contributed by atoms with Gasteiger partial charge in [0.25, 0.3) is 0 Å². The van der Waals surface area contributed by atoms with Crippen LogP contribution >= 0.6 is 8.81 Å². The van der Waals surface area contributed by atoms with E-state index in [1.165, 1.54) is 7.11 Å². The fourth-order valence-electron chi connectivity index (χ4n) is 2.00. The zero-order valence-corrected chi connectivity index (χ0v) is 15.2. The molecule has 22 heavy (non-hydrogen) atoms. The lowest BCUT2D eigenvalue weighted by molar-refractivity contribution is -0.152. The predicted molar refractivity (Wildman–Crippen MR) is 79.0 cm³/mol. The largest absolute Gasteiger partial charge is 0.523 e. The van der Waals surface area contributed by atoms with Crippen molar-refractivity contribution >= 4 is 18.9 Å². The maximum atomic E-state index is 12.4. The number of methoxy groups -OCH3 is 1. The minimum absolute atomic E-state index is 0.480. The van der Waals surface area contributed by atoms with Crippen molar-refractivity contribution in [2.75, 3.05) is 7.11 Å². The second kappa shape index (κ2) is 8.78. The fourth-order valence-corrected chi connectivity index (χ4v) is 4.35. The van der Waals surface area contributed by atoms with Crippen molar-refractivity contribution in [2.24, 2.45) is 5.41 Å². The van der Waals surface area contributed by atoms with E-state index in [1.54, 1.807) is 6.92 Å². The van der Waals surface area contributed by atoms with Crippen LogP contribution in [-0.4, -0.2) is 33.2 Å². The Hall–Kier alpha value is 0.0500. The molecule has 0 spiro atoms. The number of halogens is 3. The second-order valence-electron chi connectivity index (χ2n) is 4.84. The van der Waals surface area contributed by atoms with Crippen molar-refractivity contribution in [3.8, 4) is 0 Å². The third-order valence-electron chi connectivity index (χ3n) is 3.88. The molecule has 0 aromatic heterocycles. The Bertz CT molecular complexity index is 415. The van der Waals surface area contributed by atoms with Crippen LogP contribution in [0.25, 0.3) is 0 Å². The average molecular weight is 368 g/mol. The van der Waals surface area contributed by atoms with E-state index in [-0.39, 0.29) is 0 Å². The minimum atomic E-state index is -5.63. The number of hydrogen-bond donors (Lipinski definition) is 0. The molecule has 5 nitrogen and oxygen atoms in total. The average Bonchev–Trinajstić information content (AvgIpc) is 2.45. The van der Waals surface area contributed by atoms with Gasteiger partial charge in [-0.15, -0.1) is 0 Å². The molecule has 0 saturated heterocycles. The molecule has 3 unspecified atom stereocenters. The van der Waals surface area contributed by atoms with E-state index in [4.69, 9.17) is 9.47 Å². The molecular formula is C12H24F3O5PS. The standard InChI is InChI=1S/C12H24F3O5PS/c1-6-11(7-2,8-3)10(19-9(4)18-5)21-20-22(16,17)12(13,14)15/h9-10,21H,6-8H2,1-5H3. The molecule has 0 bridgehead atoms. The quantitative estimate of drug-likeness (QED) is 0.331. The molecule has 0 saturated carbocycles. The lowest BCUT2D eigenvalue weighted by atomic mass is 9.80. The third-order valence-corrected chi connectivity index (χ3v) is 6.67. The Balaban J connectivity index is 5.27. The lowest BCUT2D eigenvalue weighted by Gasteiger charge is -2.39. The van der Waals surface area contributed by atoms with Crippen LogP contribution in [0.2, 0.25) is 0 Å². The van der Waals surface area contributed by atoms with Gasteiger partial charge in [0, 0.05) is 12.5 Å². The molecule has 0 heterocycles. The first-order valence-corrected chi connectivity index (χ1v) is 9.32. The van der Waals surface area contributed by atoms with Crippen molar-refractivity contribution in [2.45, 2.75) is 64.6 Å². The smallest absolute Gasteiger partial charge is 0.356 e. The molecule has 10 heteroatoms. The van der Waals surface area contributed by atoms with Crippen molar-refractivity contribution in [3.05, 3.63) is 0 Å². The lowest BCUT2D eigenvalue weighted by Crippen LogP contribution is -2.36. The van der Waals surface area contributed by atoms with Crippen molar-refractivity contribution in [1.82, 2.24) is 0 Å². The van der Waals surface area contributed by atoms with E-state index in [0.29, 0.717) is 19.3 Å². The van der Waals surface area contributed by atoms with Crippen LogP contribution in [0.4, 0.5) is 13.2 Å². The summed E-state index contributed by atoms with van der Waals surface area (Å²) >= 11 is 0. The SMILES string of the molecule is CCC(CC)(CC)C(OC(C)OC)POS(=O)(=O)C(F)(F)F. The highest BCUT2D eigenvalue weighted by atomic mass is 32.2. The van der Waals surface area contributed by atoms with E-state index in [9.17, 15) is 21.6 Å². The molecule has 0 aliphatic carbocycles. The second-order valence-corrected chi connectivity index (χ2v) is 7.64. The molecule has 0 radical (unpaired) electrons. The van der Waals surface area contributed by atoms with Crippen LogP contribution in [0.15, 0.2) is 0 Å². The van der Waals surface area contributed by atoms with Gasteiger partial charge in [0.1, 0.15) is 5.85 Å². The van der Waals surface area contributed by atoms with Gasteiger partial charge in [-0.2, -0.15) is 21.6 Å². The van der Waals surface area contributed by atoms with Gasteiger partial charge < -0.3 is 9.47 Å². The molecule has 0 rings (SSSR count). The molecule has 134 valence electrons. The molecule has 0 aromatic rings. The number of hydrogen-bond acceptors (Lipinski definition) is 5. The van der Waals surface area contributed by atoms with E-state index >= 15 is 0 Å². The van der Waals surface area contributed by atoms with Crippen LogP contribution in [0, 0.1) is 5.41 Å². The molecule has 0 aliphatic heterocycles. The first-order chi connectivity index (χ1) is 9.99. The summed E-state index contributed by atoms with van der Waals surface area (Å²) in [5.41, 5.74) is -5.92. The Morgan fingerprint density at radius 2 is 1.55 bits per heavy atom. The summed E-state index contributed by atoms with van der Waals surface area (Å²) < 4.78 is 74.0. The van der Waals surface area contributed by atoms with Gasteiger partial charge in [0.05, 0.1) is 8.81 Å². The summed E-state index contributed by atoms with van der Waals surface area (Å²) in [4.78, 5) is 0. The van der Waals surface area contributed by atoms with Gasteiger partial charge in [-0.25, -0.2) is 3.97 Å². The zero-order valence-electron chi connectivity index (χ0n) is 13.4. The summed E-state index contributed by atoms with van der Waals surface area (Å²) in [6.45, 7) is 7.22. The number of ether oxygens (including phenoxy) is 2. The van der Waals surface area contributed by atoms with E-state index < -0.39 is 42.0 Å². The summed E-state index contributed by atoms with van der Waals surface area (Å²) in [7, 11) is -5.23. The van der Waals surface area contributed by atoms with E-state index in [0.717, 1.165) is 0 Å². The molecule has 0 aromatic carbocycles. The first-order valence-electron chi connectivity index (χ1n) is 6.93. The van der Waals surface area contributed by atoms with Gasteiger partial charge in [-0.1, -0.05) is 20.8 Å². The van der Waals surface area contributed by atoms with Crippen LogP contribution in [0.5, 0.6) is 0 Å². The molecule has 3 atom stereocenters. The fraction of sp³-hybridized carbons (Fsp3) is 1.00. The molecule has 0 aliphatic rings. The predicted octanol–water partition coefficient (Wildman–Crippen LogP) is 4.00. The molecular weight excluding hydrogens is 344 g/mol. The van der Waals surface area contributed by atoms with E-state index in [2.05, 4.69) is 3.97 Å². The molecule has 0 N–H and O–H groups in total. The maximum Gasteiger partial charge on any atom is 0.523 e. The molecule has 0 fully saturated rings. The van der Waals surface area contributed by atoms with Gasteiger partial charge >= 0.3 is 15.6 Å². The highest BCUT2D eigenvalue weighted by Crippen LogP contribution is 2.47. The summed E-state index contributed by atoms with van der Waals surface area (Å²) in [6, 6.07) is 0. The normalized spacial score (nSPS) is 17.1. The van der Waals surface area contributed by atoms with E-state index in [1.807, 2.05) is 20.8 Å². The highest BCUT2D eigenvalue weighted by molar-refractivity contribution is 7.90. The van der Waals surface area contributed by atoms with Crippen LogP contribution in [0.3, 0.4) is 0 Å². The Labute approximate surface area is 131 Å². The van der Waals surface area contributed by atoms with Crippen molar-refractivity contribution < 1.29 is 35.0 Å².